The third-order valence-electron chi connectivity index (χ3n) is 4.25. The number of aromatic amines is 1. The van der Waals surface area contributed by atoms with Gasteiger partial charge in [0.1, 0.15) is 17.7 Å². The predicted octanol–water partition coefficient (Wildman–Crippen LogP) is 2.75. The van der Waals surface area contributed by atoms with Gasteiger partial charge >= 0.3 is 0 Å². The fourth-order valence-corrected chi connectivity index (χ4v) is 2.67. The smallest absolute Gasteiger partial charge is 0.191 e. The summed E-state index contributed by atoms with van der Waals surface area (Å²) in [6.45, 7) is 2.71. The number of guanidine groups is 1. The molecule has 2 aromatic carbocycles. The number of aromatic nitrogens is 3. The molecule has 9 heteroatoms. The molecule has 0 spiro atoms. The van der Waals surface area contributed by atoms with Crippen molar-refractivity contribution < 1.29 is 13.9 Å². The second-order valence-electron chi connectivity index (χ2n) is 6.50. The highest BCUT2D eigenvalue weighted by molar-refractivity contribution is 5.79. The van der Waals surface area contributed by atoms with Crippen LogP contribution in [0.15, 0.2) is 53.5 Å². The number of aliphatic imine (C=N–C) groups is 1. The number of nitrogens with zero attached hydrogens (tertiary/aromatic N) is 3. The number of methoxy groups -OCH3 is 1. The van der Waals surface area contributed by atoms with Crippen LogP contribution in [0.5, 0.6) is 11.5 Å². The number of halogens is 1. The van der Waals surface area contributed by atoms with Gasteiger partial charge in [-0.15, -0.1) is 0 Å². The SMILES string of the molecule is CN=C(NCc1nc(-c2ccc(OC)cc2)n[nH]1)NCC(C)Oc1ccccc1F. The Labute approximate surface area is 174 Å². The number of rotatable bonds is 8. The van der Waals surface area contributed by atoms with Crippen LogP contribution in [0.3, 0.4) is 0 Å². The Hall–Kier alpha value is -3.62. The van der Waals surface area contributed by atoms with Gasteiger partial charge in [0.2, 0.25) is 0 Å². The Bertz CT molecular complexity index is 974. The quantitative estimate of drug-likeness (QED) is 0.389. The van der Waals surface area contributed by atoms with Crippen molar-refractivity contribution >= 4 is 5.96 Å². The molecule has 1 unspecified atom stereocenters. The Morgan fingerprint density at radius 2 is 1.93 bits per heavy atom. The lowest BCUT2D eigenvalue weighted by Crippen LogP contribution is -2.41. The summed E-state index contributed by atoms with van der Waals surface area (Å²) in [6, 6.07) is 13.8. The first kappa shape index (κ1) is 21.1. The zero-order valence-electron chi connectivity index (χ0n) is 17.1. The van der Waals surface area contributed by atoms with E-state index in [9.17, 15) is 4.39 Å². The number of hydrogen-bond donors (Lipinski definition) is 3. The molecule has 3 N–H and O–H groups in total. The van der Waals surface area contributed by atoms with Crippen LogP contribution < -0.4 is 20.1 Å². The fraction of sp³-hybridized carbons (Fsp3) is 0.286. The summed E-state index contributed by atoms with van der Waals surface area (Å²) in [4.78, 5) is 8.66. The zero-order valence-corrected chi connectivity index (χ0v) is 17.1. The van der Waals surface area contributed by atoms with E-state index in [0.29, 0.717) is 30.7 Å². The Morgan fingerprint density at radius 3 is 2.63 bits per heavy atom. The highest BCUT2D eigenvalue weighted by atomic mass is 19.1. The van der Waals surface area contributed by atoms with Crippen LogP contribution >= 0.6 is 0 Å². The number of hydrogen-bond acceptors (Lipinski definition) is 5. The van der Waals surface area contributed by atoms with Crippen molar-refractivity contribution in [3.63, 3.8) is 0 Å². The van der Waals surface area contributed by atoms with E-state index in [1.807, 2.05) is 31.2 Å². The molecule has 0 aliphatic carbocycles. The van der Waals surface area contributed by atoms with Crippen molar-refractivity contribution in [1.29, 1.82) is 0 Å². The van der Waals surface area contributed by atoms with Gasteiger partial charge in [-0.3, -0.25) is 10.1 Å². The first-order valence-corrected chi connectivity index (χ1v) is 9.50. The maximum absolute atomic E-state index is 13.7. The van der Waals surface area contributed by atoms with Crippen molar-refractivity contribution in [2.75, 3.05) is 20.7 Å². The minimum atomic E-state index is -0.384. The number of nitrogens with one attached hydrogen (secondary N) is 3. The second-order valence-corrected chi connectivity index (χ2v) is 6.50. The maximum atomic E-state index is 13.7. The fourth-order valence-electron chi connectivity index (χ4n) is 2.67. The molecule has 8 nitrogen and oxygen atoms in total. The topological polar surface area (TPSA) is 96.5 Å². The number of para-hydroxylation sites is 1. The lowest BCUT2D eigenvalue weighted by Gasteiger charge is -2.17. The van der Waals surface area contributed by atoms with Gasteiger partial charge in [-0.1, -0.05) is 12.1 Å². The second kappa shape index (κ2) is 10.2. The normalized spacial score (nSPS) is 12.3. The number of H-pyrrole nitrogens is 1. The minimum Gasteiger partial charge on any atom is -0.497 e. The van der Waals surface area contributed by atoms with Gasteiger partial charge in [-0.2, -0.15) is 5.10 Å². The van der Waals surface area contributed by atoms with E-state index in [1.54, 1.807) is 32.4 Å². The van der Waals surface area contributed by atoms with Crippen LogP contribution in [0, 0.1) is 5.82 Å². The van der Waals surface area contributed by atoms with Crippen LogP contribution in [0.1, 0.15) is 12.7 Å². The van der Waals surface area contributed by atoms with E-state index in [4.69, 9.17) is 9.47 Å². The minimum absolute atomic E-state index is 0.225. The largest absolute Gasteiger partial charge is 0.497 e. The molecule has 0 bridgehead atoms. The molecule has 0 aliphatic rings. The van der Waals surface area contributed by atoms with Crippen LogP contribution in [0.2, 0.25) is 0 Å². The van der Waals surface area contributed by atoms with Gasteiger partial charge < -0.3 is 20.1 Å². The number of ether oxygens (including phenoxy) is 2. The highest BCUT2D eigenvalue weighted by Gasteiger charge is 2.10. The van der Waals surface area contributed by atoms with Crippen LogP contribution in [-0.4, -0.2) is 47.9 Å². The molecule has 0 saturated heterocycles. The summed E-state index contributed by atoms with van der Waals surface area (Å²) in [5.41, 5.74) is 0.889. The summed E-state index contributed by atoms with van der Waals surface area (Å²) in [6.07, 6.45) is -0.257. The van der Waals surface area contributed by atoms with Crippen molar-refractivity contribution in [1.82, 2.24) is 25.8 Å². The molecule has 0 saturated carbocycles. The first-order chi connectivity index (χ1) is 14.6. The van der Waals surface area contributed by atoms with Crippen LogP contribution in [-0.2, 0) is 6.54 Å². The summed E-state index contributed by atoms with van der Waals surface area (Å²) in [5, 5.41) is 13.5. The molecule has 0 amide bonds. The molecule has 0 aliphatic heterocycles. The molecule has 158 valence electrons. The molecule has 1 aromatic heterocycles. The van der Waals surface area contributed by atoms with Crippen molar-refractivity contribution in [2.24, 2.45) is 4.99 Å². The molecular weight excluding hydrogens is 387 g/mol. The predicted molar refractivity (Wildman–Crippen MR) is 113 cm³/mol. The van der Waals surface area contributed by atoms with Gasteiger partial charge in [-0.05, 0) is 43.3 Å². The average molecular weight is 412 g/mol. The zero-order chi connectivity index (χ0) is 21.3. The summed E-state index contributed by atoms with van der Waals surface area (Å²) >= 11 is 0. The summed E-state index contributed by atoms with van der Waals surface area (Å²) in [5.74, 6) is 2.46. The first-order valence-electron chi connectivity index (χ1n) is 9.50. The third-order valence-corrected chi connectivity index (χ3v) is 4.25. The average Bonchev–Trinajstić information content (AvgIpc) is 3.24. The lowest BCUT2D eigenvalue weighted by atomic mass is 10.2. The molecule has 0 radical (unpaired) electrons. The van der Waals surface area contributed by atoms with Gasteiger partial charge in [0, 0.05) is 12.6 Å². The van der Waals surface area contributed by atoms with Gasteiger partial charge in [0.15, 0.2) is 23.4 Å². The molecular formula is C21H25FN6O2. The lowest BCUT2D eigenvalue weighted by molar-refractivity contribution is 0.214. The Balaban J connectivity index is 1.48. The Morgan fingerprint density at radius 1 is 1.17 bits per heavy atom. The van der Waals surface area contributed by atoms with E-state index in [2.05, 4.69) is 30.8 Å². The van der Waals surface area contributed by atoms with Gasteiger partial charge in [-0.25, -0.2) is 9.37 Å². The van der Waals surface area contributed by atoms with Crippen LogP contribution in [0.4, 0.5) is 4.39 Å². The monoisotopic (exact) mass is 412 g/mol. The van der Waals surface area contributed by atoms with Gasteiger partial charge in [0.05, 0.1) is 20.2 Å². The van der Waals surface area contributed by atoms with Gasteiger partial charge in [0.25, 0.3) is 0 Å². The van der Waals surface area contributed by atoms with Crippen LogP contribution in [0.25, 0.3) is 11.4 Å². The van der Waals surface area contributed by atoms with Crippen molar-refractivity contribution in [3.05, 3.63) is 60.2 Å². The molecule has 3 rings (SSSR count). The molecule has 1 heterocycles. The Kier molecular flexibility index (Phi) is 7.20. The van der Waals surface area contributed by atoms with Crippen molar-refractivity contribution in [2.45, 2.75) is 19.6 Å². The third kappa shape index (κ3) is 5.69. The summed E-state index contributed by atoms with van der Waals surface area (Å²) in [7, 11) is 3.29. The highest BCUT2D eigenvalue weighted by Crippen LogP contribution is 2.19. The summed E-state index contributed by atoms with van der Waals surface area (Å²) < 4.78 is 24.5. The van der Waals surface area contributed by atoms with E-state index in [-0.39, 0.29) is 17.7 Å². The molecule has 30 heavy (non-hydrogen) atoms. The number of benzene rings is 2. The molecule has 0 fully saturated rings. The van der Waals surface area contributed by atoms with E-state index < -0.39 is 0 Å². The van der Waals surface area contributed by atoms with E-state index in [0.717, 1.165) is 11.3 Å². The van der Waals surface area contributed by atoms with Crippen molar-refractivity contribution in [3.8, 4) is 22.9 Å². The van der Waals surface area contributed by atoms with E-state index >= 15 is 0 Å². The van der Waals surface area contributed by atoms with E-state index in [1.165, 1.54) is 6.07 Å². The molecule has 3 aromatic rings. The standard InChI is InChI=1S/C21H25FN6O2/c1-14(30-18-7-5-4-6-17(18)22)12-24-21(23-2)25-13-19-26-20(28-27-19)15-8-10-16(29-3)11-9-15/h4-11,14H,12-13H2,1-3H3,(H2,23,24,25)(H,26,27,28). The maximum Gasteiger partial charge on any atom is 0.191 e. The molecule has 1 atom stereocenters.